The number of nitrogens with two attached hydrogens (primary N) is 2. The molecule has 1 aliphatic heterocycles. The first kappa shape index (κ1) is 13.2. The van der Waals surface area contributed by atoms with Gasteiger partial charge in [0.2, 0.25) is 0 Å². The summed E-state index contributed by atoms with van der Waals surface area (Å²) in [6.45, 7) is 3.15. The van der Waals surface area contributed by atoms with E-state index in [0.717, 1.165) is 29.6 Å². The Morgan fingerprint density at radius 1 is 1.28 bits per heavy atom. The number of carbonyl (C=O) groups excluding carboxylic acids is 2. The minimum atomic E-state index is -0.565. The summed E-state index contributed by atoms with van der Waals surface area (Å²) in [4.78, 5) is 25.5. The molecule has 5 nitrogen and oxygen atoms in total. The van der Waals surface area contributed by atoms with E-state index in [9.17, 15) is 9.59 Å². The van der Waals surface area contributed by atoms with Gasteiger partial charge in [0.15, 0.2) is 5.78 Å². The van der Waals surface area contributed by atoms with E-state index in [1.54, 1.807) is 0 Å². The number of ketones is 1. The molecule has 1 aromatic heterocycles. The topological polar surface area (TPSA) is 89.4 Å². The highest BCUT2D eigenvalue weighted by Gasteiger charge is 2.26. The second-order valence-corrected chi connectivity index (χ2v) is 6.27. The van der Waals surface area contributed by atoms with Crippen molar-refractivity contribution in [3.63, 3.8) is 0 Å². The van der Waals surface area contributed by atoms with Gasteiger partial charge in [-0.25, -0.2) is 0 Å². The Hall–Kier alpha value is -1.21. The lowest BCUT2D eigenvalue weighted by Gasteiger charge is -2.27. The number of thioether (sulfide) groups is 1. The number of amides is 1. The fourth-order valence-corrected chi connectivity index (χ4v) is 4.00. The maximum Gasteiger partial charge on any atom is 0.253 e. The monoisotopic (exact) mass is 285 g/mol. The Bertz CT molecular complexity index is 493. The third-order valence-electron chi connectivity index (χ3n) is 2.79. The van der Waals surface area contributed by atoms with Crippen LogP contribution in [-0.2, 0) is 0 Å². The predicted octanol–water partition coefficient (Wildman–Crippen LogP) is 1.18. The molecule has 2 rings (SSSR count). The number of thiophene rings is 1. The van der Waals surface area contributed by atoms with Gasteiger partial charge in [0.25, 0.3) is 5.91 Å². The van der Waals surface area contributed by atoms with Crippen molar-refractivity contribution in [2.75, 3.05) is 35.2 Å². The van der Waals surface area contributed by atoms with Crippen molar-refractivity contribution in [3.8, 4) is 0 Å². The normalized spacial score (nSPS) is 15.7. The fourth-order valence-electron chi connectivity index (χ4n) is 1.92. The van der Waals surface area contributed by atoms with E-state index < -0.39 is 5.91 Å². The van der Waals surface area contributed by atoms with Crippen LogP contribution in [0.5, 0.6) is 0 Å². The second kappa shape index (κ2) is 5.19. The largest absolute Gasteiger partial charge is 0.397 e. The molecule has 0 saturated carbocycles. The molecule has 0 bridgehead atoms. The molecule has 1 aromatic rings. The van der Waals surface area contributed by atoms with Crippen molar-refractivity contribution >= 4 is 45.5 Å². The minimum absolute atomic E-state index is 0.127. The number of nitrogen functional groups attached to an aromatic ring is 1. The lowest BCUT2D eigenvalue weighted by molar-refractivity contribution is 0.100. The molecule has 4 N–H and O–H groups in total. The first-order valence-corrected chi connectivity index (χ1v) is 7.55. The van der Waals surface area contributed by atoms with Gasteiger partial charge in [0.1, 0.15) is 5.00 Å². The quantitative estimate of drug-likeness (QED) is 0.814. The van der Waals surface area contributed by atoms with Crippen LogP contribution in [0.25, 0.3) is 0 Å². The summed E-state index contributed by atoms with van der Waals surface area (Å²) >= 11 is 3.14. The van der Waals surface area contributed by atoms with Crippen molar-refractivity contribution in [1.82, 2.24) is 0 Å². The summed E-state index contributed by atoms with van der Waals surface area (Å²) in [5, 5.41) is 0.741. The van der Waals surface area contributed by atoms with E-state index >= 15 is 0 Å². The van der Waals surface area contributed by atoms with E-state index in [-0.39, 0.29) is 11.5 Å². The smallest absolute Gasteiger partial charge is 0.253 e. The zero-order valence-electron chi connectivity index (χ0n) is 10.1. The van der Waals surface area contributed by atoms with Gasteiger partial charge < -0.3 is 16.4 Å². The fraction of sp³-hybridized carbons (Fsp3) is 0.455. The summed E-state index contributed by atoms with van der Waals surface area (Å²) < 4.78 is 0. The van der Waals surface area contributed by atoms with Crippen LogP contribution in [0.1, 0.15) is 27.0 Å². The molecule has 1 saturated heterocycles. The number of nitrogens with zero attached hydrogens (tertiary/aromatic N) is 1. The van der Waals surface area contributed by atoms with Gasteiger partial charge in [0, 0.05) is 31.5 Å². The average Bonchev–Trinajstić information content (AvgIpc) is 2.68. The summed E-state index contributed by atoms with van der Waals surface area (Å²) in [7, 11) is 0. The molecule has 0 unspecified atom stereocenters. The van der Waals surface area contributed by atoms with Gasteiger partial charge in [-0.1, -0.05) is 0 Å². The second-order valence-electron chi connectivity index (χ2n) is 4.04. The highest BCUT2D eigenvalue weighted by atomic mass is 32.2. The van der Waals surface area contributed by atoms with Gasteiger partial charge >= 0.3 is 0 Å². The van der Waals surface area contributed by atoms with Crippen LogP contribution in [0, 0.1) is 0 Å². The number of carbonyl (C=O) groups is 2. The Kier molecular flexibility index (Phi) is 3.82. The van der Waals surface area contributed by atoms with Crippen LogP contribution in [0.4, 0.5) is 10.7 Å². The van der Waals surface area contributed by atoms with Crippen molar-refractivity contribution in [2.24, 2.45) is 5.73 Å². The lowest BCUT2D eigenvalue weighted by atomic mass is 10.2. The molecule has 7 heteroatoms. The third-order valence-corrected chi connectivity index (χ3v) is 5.10. The number of hydrogen-bond donors (Lipinski definition) is 2. The Morgan fingerprint density at radius 3 is 2.39 bits per heavy atom. The number of rotatable bonds is 3. The maximum absolute atomic E-state index is 11.5. The Labute approximate surface area is 114 Å². The van der Waals surface area contributed by atoms with Crippen molar-refractivity contribution in [1.29, 1.82) is 0 Å². The highest BCUT2D eigenvalue weighted by Crippen LogP contribution is 2.39. The summed E-state index contributed by atoms with van der Waals surface area (Å²) in [6, 6.07) is 0. The molecule has 0 atom stereocenters. The van der Waals surface area contributed by atoms with Crippen molar-refractivity contribution in [3.05, 3.63) is 10.4 Å². The molecule has 2 heterocycles. The molecular formula is C11H15N3O2S2. The van der Waals surface area contributed by atoms with Crippen LogP contribution in [0.15, 0.2) is 0 Å². The number of Topliss-reactive ketones (excluding diaryl/α,β-unsaturated/α-hetero) is 1. The van der Waals surface area contributed by atoms with Gasteiger partial charge in [-0.3, -0.25) is 9.59 Å². The van der Waals surface area contributed by atoms with E-state index in [0.29, 0.717) is 10.4 Å². The number of anilines is 2. The third kappa shape index (κ3) is 2.32. The summed E-state index contributed by atoms with van der Waals surface area (Å²) in [5.41, 5.74) is 11.8. The van der Waals surface area contributed by atoms with Crippen LogP contribution in [0.2, 0.25) is 0 Å². The maximum atomic E-state index is 11.5. The molecule has 0 radical (unpaired) electrons. The SMILES string of the molecule is CC(=O)c1sc(N2CCSCC2)c(C(N)=O)c1N. The van der Waals surface area contributed by atoms with E-state index in [1.165, 1.54) is 18.3 Å². The van der Waals surface area contributed by atoms with Crippen LogP contribution in [0.3, 0.4) is 0 Å². The molecule has 18 heavy (non-hydrogen) atoms. The summed E-state index contributed by atoms with van der Waals surface area (Å²) in [6.07, 6.45) is 0. The standard InChI is InChI=1S/C11H15N3O2S2/c1-6(15)9-8(12)7(10(13)16)11(18-9)14-2-4-17-5-3-14/h2-5,12H2,1H3,(H2,13,16). The summed E-state index contributed by atoms with van der Waals surface area (Å²) in [5.74, 6) is 1.32. The predicted molar refractivity (Wildman–Crippen MR) is 76.8 cm³/mol. The van der Waals surface area contributed by atoms with Crippen LogP contribution >= 0.6 is 23.1 Å². The zero-order chi connectivity index (χ0) is 13.3. The molecule has 0 aliphatic carbocycles. The van der Waals surface area contributed by atoms with Gasteiger partial charge in [-0.05, 0) is 0 Å². The minimum Gasteiger partial charge on any atom is -0.397 e. The first-order valence-electron chi connectivity index (χ1n) is 5.58. The molecule has 98 valence electrons. The van der Waals surface area contributed by atoms with Crippen molar-refractivity contribution < 1.29 is 9.59 Å². The van der Waals surface area contributed by atoms with Gasteiger partial charge in [-0.15, -0.1) is 11.3 Å². The highest BCUT2D eigenvalue weighted by molar-refractivity contribution is 7.99. The number of primary amides is 1. The van der Waals surface area contributed by atoms with Gasteiger partial charge in [-0.2, -0.15) is 11.8 Å². The van der Waals surface area contributed by atoms with E-state index in [4.69, 9.17) is 11.5 Å². The first-order chi connectivity index (χ1) is 8.52. The van der Waals surface area contributed by atoms with Gasteiger partial charge in [0.05, 0.1) is 16.1 Å². The molecule has 1 amide bonds. The molecule has 0 spiro atoms. The van der Waals surface area contributed by atoms with Crippen LogP contribution < -0.4 is 16.4 Å². The molecule has 1 fully saturated rings. The van der Waals surface area contributed by atoms with E-state index in [2.05, 4.69) is 4.90 Å². The number of hydrogen-bond acceptors (Lipinski definition) is 6. The molecular weight excluding hydrogens is 270 g/mol. The van der Waals surface area contributed by atoms with Crippen molar-refractivity contribution in [2.45, 2.75) is 6.92 Å². The van der Waals surface area contributed by atoms with E-state index in [1.807, 2.05) is 11.8 Å². The zero-order valence-corrected chi connectivity index (χ0v) is 11.7. The lowest BCUT2D eigenvalue weighted by Crippen LogP contribution is -2.33. The molecule has 0 aromatic carbocycles. The van der Waals surface area contributed by atoms with Crippen LogP contribution in [-0.4, -0.2) is 36.3 Å². The average molecular weight is 285 g/mol. The Balaban J connectivity index is 2.47. The Morgan fingerprint density at radius 2 is 1.89 bits per heavy atom. The molecule has 1 aliphatic rings.